The van der Waals surface area contributed by atoms with Gasteiger partial charge in [-0.1, -0.05) is 19.4 Å². The van der Waals surface area contributed by atoms with Crippen LogP contribution in [-0.2, 0) is 0 Å². The van der Waals surface area contributed by atoms with Gasteiger partial charge in [-0.2, -0.15) is 0 Å². The minimum atomic E-state index is -0.422. The maximum Gasteiger partial charge on any atom is 0.130 e. The van der Waals surface area contributed by atoms with Crippen molar-refractivity contribution >= 4 is 0 Å². The molecule has 4 heteroatoms. The SMILES string of the molecule is CCCNCC1CCCCN(C)C1c1c(F)cccc1F. The largest absolute Gasteiger partial charge is 0.316 e. The Morgan fingerprint density at radius 1 is 1.24 bits per heavy atom. The van der Waals surface area contributed by atoms with Crippen molar-refractivity contribution in [3.05, 3.63) is 35.4 Å². The Bertz CT molecular complexity index is 430. The van der Waals surface area contributed by atoms with Gasteiger partial charge in [0.15, 0.2) is 0 Å². The molecule has 0 aromatic heterocycles. The molecule has 0 spiro atoms. The molecule has 1 heterocycles. The molecule has 2 rings (SSSR count). The van der Waals surface area contributed by atoms with Crippen LogP contribution in [0.15, 0.2) is 18.2 Å². The predicted molar refractivity (Wildman–Crippen MR) is 82.2 cm³/mol. The molecule has 2 nitrogen and oxygen atoms in total. The number of hydrogen-bond donors (Lipinski definition) is 1. The number of hydrogen-bond acceptors (Lipinski definition) is 2. The van der Waals surface area contributed by atoms with Gasteiger partial charge in [-0.15, -0.1) is 0 Å². The Labute approximate surface area is 126 Å². The number of rotatable bonds is 5. The Balaban J connectivity index is 2.28. The van der Waals surface area contributed by atoms with E-state index in [1.807, 2.05) is 7.05 Å². The summed E-state index contributed by atoms with van der Waals surface area (Å²) in [6, 6.07) is 3.99. The molecule has 1 aliphatic rings. The quantitative estimate of drug-likeness (QED) is 0.833. The predicted octanol–water partition coefficient (Wildman–Crippen LogP) is 3.74. The third kappa shape index (κ3) is 4.01. The fraction of sp³-hybridized carbons (Fsp3) is 0.647. The van der Waals surface area contributed by atoms with Gasteiger partial charge in [0, 0.05) is 11.6 Å². The highest BCUT2D eigenvalue weighted by Crippen LogP contribution is 2.36. The summed E-state index contributed by atoms with van der Waals surface area (Å²) < 4.78 is 28.4. The first-order valence-electron chi connectivity index (χ1n) is 8.00. The fourth-order valence-electron chi connectivity index (χ4n) is 3.35. The smallest absolute Gasteiger partial charge is 0.130 e. The first-order chi connectivity index (χ1) is 10.1. The van der Waals surface area contributed by atoms with Gasteiger partial charge in [-0.05, 0) is 64.0 Å². The minimum absolute atomic E-state index is 0.182. The highest BCUT2D eigenvalue weighted by Gasteiger charge is 2.32. The zero-order valence-corrected chi connectivity index (χ0v) is 13.0. The van der Waals surface area contributed by atoms with Crippen LogP contribution in [0.2, 0.25) is 0 Å². The van der Waals surface area contributed by atoms with Gasteiger partial charge in [-0.3, -0.25) is 4.90 Å². The highest BCUT2D eigenvalue weighted by atomic mass is 19.1. The van der Waals surface area contributed by atoms with Crippen LogP contribution in [0, 0.1) is 17.6 Å². The number of nitrogens with zero attached hydrogens (tertiary/aromatic N) is 1. The van der Waals surface area contributed by atoms with Crippen molar-refractivity contribution in [1.29, 1.82) is 0 Å². The summed E-state index contributed by atoms with van der Waals surface area (Å²) in [6.45, 7) is 4.78. The number of nitrogens with one attached hydrogen (secondary N) is 1. The van der Waals surface area contributed by atoms with Crippen molar-refractivity contribution in [2.45, 2.75) is 38.6 Å². The second kappa shape index (κ2) is 7.85. The monoisotopic (exact) mass is 296 g/mol. The van der Waals surface area contributed by atoms with E-state index in [0.717, 1.165) is 45.3 Å². The number of halogens is 2. The molecule has 21 heavy (non-hydrogen) atoms. The molecule has 118 valence electrons. The number of benzene rings is 1. The molecule has 1 saturated heterocycles. The summed E-state index contributed by atoms with van der Waals surface area (Å²) in [7, 11) is 1.98. The van der Waals surface area contributed by atoms with E-state index in [0.29, 0.717) is 0 Å². The Hall–Kier alpha value is -1.00. The van der Waals surface area contributed by atoms with Crippen molar-refractivity contribution in [1.82, 2.24) is 10.2 Å². The standard InChI is InChI=1S/C17H26F2N2/c1-3-10-20-12-13-7-4-5-11-21(2)17(13)16-14(18)8-6-9-15(16)19/h6,8-9,13,17,20H,3-5,7,10-12H2,1-2H3. The average molecular weight is 296 g/mol. The van der Waals surface area contributed by atoms with E-state index in [1.165, 1.54) is 18.2 Å². The van der Waals surface area contributed by atoms with Crippen molar-refractivity contribution in [3.63, 3.8) is 0 Å². The second-order valence-electron chi connectivity index (χ2n) is 6.02. The van der Waals surface area contributed by atoms with E-state index in [-0.39, 0.29) is 17.5 Å². The third-order valence-corrected chi connectivity index (χ3v) is 4.39. The molecule has 0 radical (unpaired) electrons. The van der Waals surface area contributed by atoms with Crippen LogP contribution >= 0.6 is 0 Å². The van der Waals surface area contributed by atoms with E-state index < -0.39 is 11.6 Å². The normalized spacial score (nSPS) is 24.0. The lowest BCUT2D eigenvalue weighted by atomic mass is 9.88. The van der Waals surface area contributed by atoms with Gasteiger partial charge in [0.05, 0.1) is 0 Å². The van der Waals surface area contributed by atoms with Crippen LogP contribution < -0.4 is 5.32 Å². The van der Waals surface area contributed by atoms with Crippen LogP contribution in [0.4, 0.5) is 8.78 Å². The summed E-state index contributed by atoms with van der Waals surface area (Å²) in [5.74, 6) is -0.598. The molecule has 0 aliphatic carbocycles. The molecule has 2 atom stereocenters. The summed E-state index contributed by atoms with van der Waals surface area (Å²) >= 11 is 0. The van der Waals surface area contributed by atoms with Gasteiger partial charge < -0.3 is 5.32 Å². The molecule has 0 amide bonds. The minimum Gasteiger partial charge on any atom is -0.316 e. The van der Waals surface area contributed by atoms with Gasteiger partial charge in [0.2, 0.25) is 0 Å². The topological polar surface area (TPSA) is 15.3 Å². The zero-order chi connectivity index (χ0) is 15.2. The maximum absolute atomic E-state index is 14.2. The van der Waals surface area contributed by atoms with Gasteiger partial charge >= 0.3 is 0 Å². The Morgan fingerprint density at radius 3 is 2.62 bits per heavy atom. The zero-order valence-electron chi connectivity index (χ0n) is 13.0. The molecule has 1 aliphatic heterocycles. The van der Waals surface area contributed by atoms with Crippen LogP contribution in [0.1, 0.15) is 44.2 Å². The molecule has 1 fully saturated rings. The van der Waals surface area contributed by atoms with Crippen molar-refractivity contribution in [2.24, 2.45) is 5.92 Å². The first kappa shape index (κ1) is 16.4. The van der Waals surface area contributed by atoms with E-state index in [2.05, 4.69) is 17.1 Å². The lowest BCUT2D eigenvalue weighted by Gasteiger charge is -2.33. The second-order valence-corrected chi connectivity index (χ2v) is 6.02. The van der Waals surface area contributed by atoms with Crippen LogP contribution in [0.3, 0.4) is 0 Å². The fourth-order valence-corrected chi connectivity index (χ4v) is 3.35. The summed E-state index contributed by atoms with van der Waals surface area (Å²) in [5, 5.41) is 3.42. The molecule has 2 unspecified atom stereocenters. The maximum atomic E-state index is 14.2. The molecule has 1 aromatic carbocycles. The Kier molecular flexibility index (Phi) is 6.12. The summed E-state index contributed by atoms with van der Waals surface area (Å²) in [4.78, 5) is 2.12. The van der Waals surface area contributed by atoms with Gasteiger partial charge in [0.25, 0.3) is 0 Å². The first-order valence-corrected chi connectivity index (χ1v) is 8.00. The van der Waals surface area contributed by atoms with Gasteiger partial charge in [-0.25, -0.2) is 8.78 Å². The van der Waals surface area contributed by atoms with Crippen LogP contribution in [0.25, 0.3) is 0 Å². The van der Waals surface area contributed by atoms with Crippen molar-refractivity contribution in [3.8, 4) is 0 Å². The Morgan fingerprint density at radius 2 is 1.95 bits per heavy atom. The molecule has 0 saturated carbocycles. The van der Waals surface area contributed by atoms with E-state index >= 15 is 0 Å². The lowest BCUT2D eigenvalue weighted by Crippen LogP contribution is -2.36. The van der Waals surface area contributed by atoms with Crippen LogP contribution in [0.5, 0.6) is 0 Å². The highest BCUT2D eigenvalue weighted by molar-refractivity contribution is 5.24. The van der Waals surface area contributed by atoms with Crippen molar-refractivity contribution < 1.29 is 8.78 Å². The summed E-state index contributed by atoms with van der Waals surface area (Å²) in [5.41, 5.74) is 0.241. The molecule has 1 aromatic rings. The number of likely N-dealkylation sites (tertiary alicyclic amines) is 1. The van der Waals surface area contributed by atoms with Crippen molar-refractivity contribution in [2.75, 3.05) is 26.7 Å². The molecule has 1 N–H and O–H groups in total. The average Bonchev–Trinajstić information content (AvgIpc) is 2.62. The van der Waals surface area contributed by atoms with Crippen LogP contribution in [-0.4, -0.2) is 31.6 Å². The van der Waals surface area contributed by atoms with Gasteiger partial charge in [0.1, 0.15) is 11.6 Å². The molecule has 0 bridgehead atoms. The molecular formula is C17H26F2N2. The van der Waals surface area contributed by atoms with E-state index in [4.69, 9.17) is 0 Å². The third-order valence-electron chi connectivity index (χ3n) is 4.39. The van der Waals surface area contributed by atoms with E-state index in [9.17, 15) is 8.78 Å². The molecular weight excluding hydrogens is 270 g/mol. The lowest BCUT2D eigenvalue weighted by molar-refractivity contribution is 0.180. The summed E-state index contributed by atoms with van der Waals surface area (Å²) in [6.07, 6.45) is 4.30. The van der Waals surface area contributed by atoms with E-state index in [1.54, 1.807) is 0 Å².